The Morgan fingerprint density at radius 1 is 1.07 bits per heavy atom. The Morgan fingerprint density at radius 2 is 1.73 bits per heavy atom. The second kappa shape index (κ2) is 10.5. The maximum absolute atomic E-state index is 12.9. The minimum atomic E-state index is -0.0758. The van der Waals surface area contributed by atoms with E-state index in [9.17, 15) is 4.79 Å². The second-order valence-electron chi connectivity index (χ2n) is 8.29. The number of benzene rings is 2. The number of hydrogen-bond acceptors (Lipinski definition) is 3. The Labute approximate surface area is 180 Å². The van der Waals surface area contributed by atoms with Crippen LogP contribution in [0.25, 0.3) is 0 Å². The molecule has 0 spiro atoms. The van der Waals surface area contributed by atoms with E-state index in [-0.39, 0.29) is 11.9 Å². The van der Waals surface area contributed by atoms with Gasteiger partial charge in [0.15, 0.2) is 0 Å². The highest BCUT2D eigenvalue weighted by Gasteiger charge is 2.30. The van der Waals surface area contributed by atoms with Crippen LogP contribution in [0.3, 0.4) is 0 Å². The summed E-state index contributed by atoms with van der Waals surface area (Å²) in [4.78, 5) is 18.2. The van der Waals surface area contributed by atoms with Crippen LogP contribution < -0.4 is 24.8 Å². The molecule has 6 heteroatoms. The van der Waals surface area contributed by atoms with Gasteiger partial charge < -0.3 is 24.8 Å². The molecule has 0 aromatic heterocycles. The predicted octanol–water partition coefficient (Wildman–Crippen LogP) is 0.0356. The van der Waals surface area contributed by atoms with E-state index >= 15 is 0 Å². The van der Waals surface area contributed by atoms with Crippen LogP contribution >= 0.6 is 0 Å². The van der Waals surface area contributed by atoms with Crippen LogP contribution in [0.15, 0.2) is 48.5 Å². The van der Waals surface area contributed by atoms with Crippen molar-refractivity contribution in [1.82, 2.24) is 5.32 Å². The fourth-order valence-corrected chi connectivity index (χ4v) is 4.07. The molecule has 162 valence electrons. The van der Waals surface area contributed by atoms with Crippen molar-refractivity contribution in [3.05, 3.63) is 59.7 Å². The third-order valence-electron chi connectivity index (χ3n) is 5.95. The van der Waals surface area contributed by atoms with Gasteiger partial charge in [-0.25, -0.2) is 0 Å². The molecule has 0 unspecified atom stereocenters. The first-order chi connectivity index (χ1) is 14.5. The van der Waals surface area contributed by atoms with Gasteiger partial charge in [-0.15, -0.1) is 0 Å². The molecule has 3 N–H and O–H groups in total. The molecule has 1 aliphatic heterocycles. The molecule has 0 saturated carbocycles. The van der Waals surface area contributed by atoms with Crippen LogP contribution in [0.2, 0.25) is 0 Å². The minimum absolute atomic E-state index is 0.0758. The van der Waals surface area contributed by atoms with E-state index in [0.29, 0.717) is 24.5 Å². The predicted molar refractivity (Wildman–Crippen MR) is 121 cm³/mol. The van der Waals surface area contributed by atoms with E-state index in [0.717, 1.165) is 26.2 Å². The van der Waals surface area contributed by atoms with Crippen molar-refractivity contribution in [1.29, 1.82) is 0 Å². The number of quaternary nitrogens is 2. The number of likely N-dealkylation sites (N-methyl/N-ethyl adjacent to an activating group) is 1. The summed E-state index contributed by atoms with van der Waals surface area (Å²) in [6.07, 6.45) is 0. The summed E-state index contributed by atoms with van der Waals surface area (Å²) >= 11 is 0. The van der Waals surface area contributed by atoms with Crippen LogP contribution in [0, 0.1) is 0 Å². The molecule has 0 bridgehead atoms. The van der Waals surface area contributed by atoms with Crippen molar-refractivity contribution in [3.8, 4) is 5.75 Å². The highest BCUT2D eigenvalue weighted by Crippen LogP contribution is 2.19. The normalized spacial score (nSPS) is 19.7. The van der Waals surface area contributed by atoms with Gasteiger partial charge in [0.05, 0.1) is 25.8 Å². The van der Waals surface area contributed by atoms with Crippen LogP contribution in [0.5, 0.6) is 5.75 Å². The van der Waals surface area contributed by atoms with Crippen LogP contribution in [-0.2, 0) is 0 Å². The zero-order chi connectivity index (χ0) is 21.5. The molecule has 3 rings (SSSR count). The summed E-state index contributed by atoms with van der Waals surface area (Å²) in [5.41, 5.74) is 3.05. The molecule has 1 atom stereocenters. The van der Waals surface area contributed by atoms with Gasteiger partial charge in [-0.3, -0.25) is 4.79 Å². The summed E-state index contributed by atoms with van der Waals surface area (Å²) in [5, 5.41) is 3.19. The molecular formula is C24H36N4O2+2. The number of carbonyl (C=O) groups is 1. The molecule has 6 nitrogen and oxygen atoms in total. The number of rotatable bonds is 8. The standard InChI is InChI=1S/C24H34N4O2/c1-5-30-23-9-7-6-8-21(23)24(29)25-18-22(28-16-14-27(4)15-17-28)19-10-12-20(13-11-19)26(2)3/h6-13,22H,5,14-18H2,1-4H3,(H,25,29)/p+2/t22-/m0/s1. The molecule has 1 saturated heterocycles. The Kier molecular flexibility index (Phi) is 7.71. The van der Waals surface area contributed by atoms with E-state index in [4.69, 9.17) is 4.74 Å². The fourth-order valence-electron chi connectivity index (χ4n) is 4.07. The largest absolute Gasteiger partial charge is 0.493 e. The van der Waals surface area contributed by atoms with Crippen LogP contribution in [0.1, 0.15) is 28.9 Å². The lowest BCUT2D eigenvalue weighted by molar-refractivity contribution is -1.02. The van der Waals surface area contributed by atoms with Gasteiger partial charge in [-0.1, -0.05) is 24.3 Å². The second-order valence-corrected chi connectivity index (χ2v) is 8.29. The van der Waals surface area contributed by atoms with Gasteiger partial charge >= 0.3 is 0 Å². The van der Waals surface area contributed by atoms with E-state index in [1.807, 2.05) is 31.2 Å². The van der Waals surface area contributed by atoms with Gasteiger partial charge in [0, 0.05) is 25.3 Å². The first kappa shape index (κ1) is 22.1. The number of amides is 1. The topological polar surface area (TPSA) is 50.4 Å². The molecule has 1 heterocycles. The Hall–Kier alpha value is -2.57. The molecule has 2 aromatic carbocycles. The fraction of sp³-hybridized carbons (Fsp3) is 0.458. The Morgan fingerprint density at radius 3 is 2.37 bits per heavy atom. The highest BCUT2D eigenvalue weighted by molar-refractivity contribution is 5.96. The average molecular weight is 413 g/mol. The minimum Gasteiger partial charge on any atom is -0.493 e. The van der Waals surface area contributed by atoms with Crippen molar-refractivity contribution >= 4 is 11.6 Å². The van der Waals surface area contributed by atoms with Gasteiger partial charge in [-0.05, 0) is 31.2 Å². The number of nitrogens with one attached hydrogen (secondary N) is 3. The average Bonchev–Trinajstić information content (AvgIpc) is 2.76. The van der Waals surface area contributed by atoms with Crippen molar-refractivity contribution in [2.24, 2.45) is 0 Å². The number of nitrogens with zero attached hydrogens (tertiary/aromatic N) is 1. The lowest BCUT2D eigenvalue weighted by atomic mass is 10.0. The van der Waals surface area contributed by atoms with Gasteiger partial charge in [0.25, 0.3) is 5.91 Å². The summed E-state index contributed by atoms with van der Waals surface area (Å²) in [7, 11) is 6.36. The van der Waals surface area contributed by atoms with Crippen molar-refractivity contribution in [2.45, 2.75) is 13.0 Å². The quantitative estimate of drug-likeness (QED) is 0.574. The van der Waals surface area contributed by atoms with Gasteiger partial charge in [-0.2, -0.15) is 0 Å². The van der Waals surface area contributed by atoms with E-state index in [1.54, 1.807) is 4.90 Å². The van der Waals surface area contributed by atoms with Crippen LogP contribution in [-0.4, -0.2) is 66.4 Å². The summed E-state index contributed by atoms with van der Waals surface area (Å²) < 4.78 is 5.64. The Bertz CT molecular complexity index is 814. The molecule has 1 amide bonds. The zero-order valence-electron chi connectivity index (χ0n) is 18.7. The lowest BCUT2D eigenvalue weighted by Gasteiger charge is -2.33. The van der Waals surface area contributed by atoms with Gasteiger partial charge in [0.2, 0.25) is 0 Å². The number of carbonyl (C=O) groups excluding carboxylic acids is 1. The van der Waals surface area contributed by atoms with E-state index in [2.05, 4.69) is 55.6 Å². The SMILES string of the molecule is CCOc1ccccc1C(=O)NC[C@@H](c1ccc(N(C)C)cc1)[NH+]1CC[NH+](C)CC1. The van der Waals surface area contributed by atoms with E-state index < -0.39 is 0 Å². The summed E-state index contributed by atoms with van der Waals surface area (Å²) in [5.74, 6) is 0.563. The van der Waals surface area contributed by atoms with E-state index in [1.165, 1.54) is 16.2 Å². The molecule has 30 heavy (non-hydrogen) atoms. The van der Waals surface area contributed by atoms with Gasteiger partial charge in [0.1, 0.15) is 38.0 Å². The van der Waals surface area contributed by atoms with Crippen molar-refractivity contribution in [3.63, 3.8) is 0 Å². The first-order valence-electron chi connectivity index (χ1n) is 10.9. The number of hydrogen-bond donors (Lipinski definition) is 3. The molecule has 2 aromatic rings. The third kappa shape index (κ3) is 5.52. The molecule has 0 aliphatic carbocycles. The smallest absolute Gasteiger partial charge is 0.255 e. The maximum Gasteiger partial charge on any atom is 0.255 e. The highest BCUT2D eigenvalue weighted by atomic mass is 16.5. The lowest BCUT2D eigenvalue weighted by Crippen LogP contribution is -3.27. The summed E-state index contributed by atoms with van der Waals surface area (Å²) in [6.45, 7) is 7.61. The summed E-state index contributed by atoms with van der Waals surface area (Å²) in [6, 6.07) is 16.4. The maximum atomic E-state index is 12.9. The third-order valence-corrected chi connectivity index (χ3v) is 5.95. The molecule has 0 radical (unpaired) electrons. The molecule has 1 aliphatic rings. The van der Waals surface area contributed by atoms with Crippen LogP contribution in [0.4, 0.5) is 5.69 Å². The number of ether oxygens (including phenoxy) is 1. The molecular weight excluding hydrogens is 376 g/mol. The Balaban J connectivity index is 1.76. The number of para-hydroxylation sites is 1. The molecule has 1 fully saturated rings. The monoisotopic (exact) mass is 412 g/mol. The first-order valence-corrected chi connectivity index (χ1v) is 10.9. The van der Waals surface area contributed by atoms with Crippen molar-refractivity contribution < 1.29 is 19.3 Å². The zero-order valence-corrected chi connectivity index (χ0v) is 18.7. The number of piperazine rings is 1. The van der Waals surface area contributed by atoms with Crippen molar-refractivity contribution in [2.75, 3.05) is 65.4 Å². The number of anilines is 1.